The second kappa shape index (κ2) is 5.80. The Hall–Kier alpha value is -1.60. The largest absolute Gasteiger partial charge is 0.431 e. The number of hydrazone groups is 1. The van der Waals surface area contributed by atoms with Crippen molar-refractivity contribution < 1.29 is 22.7 Å². The number of aldehydes is 1. The van der Waals surface area contributed by atoms with Gasteiger partial charge >= 0.3 is 6.18 Å². The average molecular weight is 307 g/mol. The molecule has 8 heteroatoms. The fourth-order valence-corrected chi connectivity index (χ4v) is 2.01. The molecule has 0 aromatic heterocycles. The molecule has 1 heterocycles. The van der Waals surface area contributed by atoms with Crippen LogP contribution in [0.3, 0.4) is 0 Å². The predicted octanol–water partition coefficient (Wildman–Crippen LogP) is 3.01. The molecule has 1 aliphatic heterocycles. The molecule has 1 atom stereocenters. The molecule has 0 radical (unpaired) electrons. The van der Waals surface area contributed by atoms with Crippen molar-refractivity contribution in [3.8, 4) is 0 Å². The van der Waals surface area contributed by atoms with Crippen molar-refractivity contribution >= 4 is 29.3 Å². The van der Waals surface area contributed by atoms with Crippen LogP contribution in [0.5, 0.6) is 0 Å². The zero-order chi connectivity index (χ0) is 14.8. The lowest BCUT2D eigenvalue weighted by atomic mass is 10.2. The van der Waals surface area contributed by atoms with Crippen LogP contribution in [0.1, 0.15) is 6.42 Å². The highest BCUT2D eigenvalue weighted by Gasteiger charge is 2.43. The lowest BCUT2D eigenvalue weighted by Gasteiger charge is -2.23. The summed E-state index contributed by atoms with van der Waals surface area (Å²) in [6, 6.07) is 6.34. The molecule has 0 saturated carbocycles. The summed E-state index contributed by atoms with van der Waals surface area (Å²) in [4.78, 5) is 10.3. The maximum atomic E-state index is 12.7. The van der Waals surface area contributed by atoms with Gasteiger partial charge in [0.05, 0.1) is 10.7 Å². The van der Waals surface area contributed by atoms with E-state index in [9.17, 15) is 18.0 Å². The van der Waals surface area contributed by atoms with Gasteiger partial charge < -0.3 is 9.53 Å². The van der Waals surface area contributed by atoms with Gasteiger partial charge in [0, 0.05) is 6.42 Å². The average Bonchev–Trinajstić information content (AvgIpc) is 2.81. The van der Waals surface area contributed by atoms with Crippen molar-refractivity contribution in [2.45, 2.75) is 18.8 Å². The Morgan fingerprint density at radius 3 is 2.75 bits per heavy atom. The number of carbonyl (C=O) groups excluding carboxylic acids is 1. The van der Waals surface area contributed by atoms with Gasteiger partial charge in [0.2, 0.25) is 0 Å². The fraction of sp³-hybridized carbons (Fsp3) is 0.333. The molecule has 0 N–H and O–H groups in total. The summed E-state index contributed by atoms with van der Waals surface area (Å²) in [5, 5.41) is 4.82. The third-order valence-corrected chi connectivity index (χ3v) is 2.97. The lowest BCUT2D eigenvalue weighted by molar-refractivity contribution is -0.113. The minimum atomic E-state index is -4.54. The zero-order valence-corrected chi connectivity index (χ0v) is 10.9. The normalized spacial score (nSPS) is 19.1. The monoisotopic (exact) mass is 306 g/mol. The quantitative estimate of drug-likeness (QED) is 0.803. The molecule has 2 rings (SSSR count). The van der Waals surface area contributed by atoms with Crippen molar-refractivity contribution in [1.82, 2.24) is 0 Å². The second-order valence-electron chi connectivity index (χ2n) is 4.00. The van der Waals surface area contributed by atoms with Crippen molar-refractivity contribution in [3.63, 3.8) is 0 Å². The molecule has 20 heavy (non-hydrogen) atoms. The molecule has 0 amide bonds. The van der Waals surface area contributed by atoms with E-state index in [1.807, 2.05) is 0 Å². The first-order valence-corrected chi connectivity index (χ1v) is 6.05. The van der Waals surface area contributed by atoms with Crippen LogP contribution >= 0.6 is 11.6 Å². The zero-order valence-electron chi connectivity index (χ0n) is 10.1. The van der Waals surface area contributed by atoms with Gasteiger partial charge in [-0.05, 0) is 12.1 Å². The predicted molar refractivity (Wildman–Crippen MR) is 67.8 cm³/mol. The number of benzene rings is 1. The summed E-state index contributed by atoms with van der Waals surface area (Å²) in [5.41, 5.74) is -0.669. The van der Waals surface area contributed by atoms with E-state index in [-0.39, 0.29) is 11.6 Å². The number of hydrogen-bond donors (Lipinski definition) is 0. The number of carbonyl (C=O) groups is 1. The van der Waals surface area contributed by atoms with Crippen LogP contribution in [0.15, 0.2) is 29.4 Å². The number of nitrogens with zero attached hydrogens (tertiary/aromatic N) is 2. The Labute approximate surface area is 117 Å². The van der Waals surface area contributed by atoms with E-state index in [4.69, 9.17) is 16.3 Å². The molecule has 0 saturated heterocycles. The minimum Gasteiger partial charge on any atom is -0.349 e. The van der Waals surface area contributed by atoms with Crippen LogP contribution in [-0.4, -0.2) is 31.0 Å². The van der Waals surface area contributed by atoms with Gasteiger partial charge in [-0.25, -0.2) is 5.01 Å². The Morgan fingerprint density at radius 1 is 1.45 bits per heavy atom. The van der Waals surface area contributed by atoms with E-state index in [0.717, 1.165) is 5.01 Å². The van der Waals surface area contributed by atoms with Gasteiger partial charge in [-0.15, -0.1) is 0 Å². The van der Waals surface area contributed by atoms with Gasteiger partial charge in [0.25, 0.3) is 0 Å². The van der Waals surface area contributed by atoms with Crippen LogP contribution < -0.4 is 5.01 Å². The summed E-state index contributed by atoms with van der Waals surface area (Å²) in [6.45, 7) is -0.313. The Morgan fingerprint density at radius 2 is 2.15 bits per heavy atom. The van der Waals surface area contributed by atoms with E-state index in [0.29, 0.717) is 12.0 Å². The number of alkyl halides is 3. The highest BCUT2D eigenvalue weighted by atomic mass is 35.5. The SMILES string of the molecule is O=CCOC1CC(C(F)(F)F)=NN1c1ccccc1Cl. The molecule has 0 aliphatic carbocycles. The van der Waals surface area contributed by atoms with Crippen LogP contribution in [0.2, 0.25) is 5.02 Å². The molecule has 4 nitrogen and oxygen atoms in total. The van der Waals surface area contributed by atoms with E-state index in [1.54, 1.807) is 12.1 Å². The van der Waals surface area contributed by atoms with Crippen molar-refractivity contribution in [3.05, 3.63) is 29.3 Å². The number of hydrogen-bond acceptors (Lipinski definition) is 4. The molecule has 1 unspecified atom stereocenters. The Bertz CT molecular complexity index is 534. The summed E-state index contributed by atoms with van der Waals surface area (Å²) in [6.07, 6.45) is -5.53. The maximum Gasteiger partial charge on any atom is 0.431 e. The molecular formula is C12H10ClF3N2O2. The molecule has 0 spiro atoms. The van der Waals surface area contributed by atoms with Gasteiger partial charge in [0.15, 0.2) is 6.23 Å². The first kappa shape index (κ1) is 14.8. The van der Waals surface area contributed by atoms with E-state index < -0.39 is 24.5 Å². The van der Waals surface area contributed by atoms with Gasteiger partial charge in [0.1, 0.15) is 18.6 Å². The molecule has 1 aromatic rings. The number of para-hydroxylation sites is 1. The minimum absolute atomic E-state index is 0.249. The third-order valence-electron chi connectivity index (χ3n) is 2.65. The third kappa shape index (κ3) is 3.10. The Kier molecular flexibility index (Phi) is 4.29. The molecule has 0 bridgehead atoms. The number of halogens is 4. The van der Waals surface area contributed by atoms with Gasteiger partial charge in [-0.3, -0.25) is 0 Å². The second-order valence-corrected chi connectivity index (χ2v) is 4.41. The van der Waals surface area contributed by atoms with Gasteiger partial charge in [-0.1, -0.05) is 23.7 Å². The van der Waals surface area contributed by atoms with Crippen LogP contribution in [0, 0.1) is 0 Å². The lowest BCUT2D eigenvalue weighted by Crippen LogP contribution is -2.30. The molecule has 1 aromatic carbocycles. The summed E-state index contributed by atoms with van der Waals surface area (Å²) in [7, 11) is 0. The van der Waals surface area contributed by atoms with Crippen LogP contribution in [0.4, 0.5) is 18.9 Å². The van der Waals surface area contributed by atoms with Crippen molar-refractivity contribution in [2.75, 3.05) is 11.6 Å². The number of rotatable bonds is 4. The molecular weight excluding hydrogens is 297 g/mol. The maximum absolute atomic E-state index is 12.7. The standard InChI is InChI=1S/C12H10ClF3N2O2/c13-8-3-1-2-4-9(8)18-11(20-6-5-19)7-10(17-18)12(14,15)16/h1-5,11H,6-7H2. The van der Waals surface area contributed by atoms with Crippen LogP contribution in [0.25, 0.3) is 0 Å². The fourth-order valence-electron chi connectivity index (χ4n) is 1.79. The first-order chi connectivity index (χ1) is 9.43. The van der Waals surface area contributed by atoms with E-state index in [2.05, 4.69) is 5.10 Å². The Balaban J connectivity index is 2.32. The topological polar surface area (TPSA) is 41.9 Å². The first-order valence-electron chi connectivity index (χ1n) is 5.67. The molecule has 108 valence electrons. The summed E-state index contributed by atoms with van der Waals surface area (Å²) < 4.78 is 43.3. The summed E-state index contributed by atoms with van der Waals surface area (Å²) in [5.74, 6) is 0. The highest BCUT2D eigenvalue weighted by molar-refractivity contribution is 6.33. The van der Waals surface area contributed by atoms with Crippen LogP contribution in [-0.2, 0) is 9.53 Å². The summed E-state index contributed by atoms with van der Waals surface area (Å²) >= 11 is 5.95. The highest BCUT2D eigenvalue weighted by Crippen LogP contribution is 2.34. The van der Waals surface area contributed by atoms with Gasteiger partial charge in [-0.2, -0.15) is 18.3 Å². The number of anilines is 1. The molecule has 1 aliphatic rings. The van der Waals surface area contributed by atoms with Crippen molar-refractivity contribution in [2.24, 2.45) is 5.10 Å². The van der Waals surface area contributed by atoms with Crippen molar-refractivity contribution in [1.29, 1.82) is 0 Å². The number of ether oxygens (including phenoxy) is 1. The van der Waals surface area contributed by atoms with E-state index >= 15 is 0 Å². The smallest absolute Gasteiger partial charge is 0.349 e. The van der Waals surface area contributed by atoms with E-state index in [1.165, 1.54) is 12.1 Å². The molecule has 0 fully saturated rings.